The Bertz CT molecular complexity index is 291. The number of carboxylic acids is 2. The van der Waals surface area contributed by atoms with Crippen molar-refractivity contribution in [2.75, 3.05) is 13.1 Å². The maximum atomic E-state index is 11.4. The van der Waals surface area contributed by atoms with Gasteiger partial charge in [-0.3, -0.25) is 14.5 Å². The van der Waals surface area contributed by atoms with Gasteiger partial charge in [0.15, 0.2) is 0 Å². The standard InChI is InChI=1S/C12H21NO4/c1-3-12(4-2,11(16)17)13-7-5-9(6-8-13)10(14)15/h9H,3-8H2,1-2H3,(H,14,15)(H,16,17). The highest BCUT2D eigenvalue weighted by Crippen LogP contribution is 2.29. The van der Waals surface area contributed by atoms with Crippen molar-refractivity contribution in [2.45, 2.75) is 45.1 Å². The highest BCUT2D eigenvalue weighted by atomic mass is 16.4. The van der Waals surface area contributed by atoms with Crippen LogP contribution in [0.5, 0.6) is 0 Å². The Morgan fingerprint density at radius 3 is 1.94 bits per heavy atom. The van der Waals surface area contributed by atoms with Crippen molar-refractivity contribution in [1.82, 2.24) is 4.90 Å². The van der Waals surface area contributed by atoms with Crippen molar-refractivity contribution in [3.05, 3.63) is 0 Å². The van der Waals surface area contributed by atoms with Crippen LogP contribution < -0.4 is 0 Å². The average molecular weight is 243 g/mol. The van der Waals surface area contributed by atoms with Crippen LogP contribution in [0.3, 0.4) is 0 Å². The van der Waals surface area contributed by atoms with Crippen molar-refractivity contribution < 1.29 is 19.8 Å². The van der Waals surface area contributed by atoms with Crippen LogP contribution in [0.15, 0.2) is 0 Å². The predicted molar refractivity (Wildman–Crippen MR) is 62.9 cm³/mol. The van der Waals surface area contributed by atoms with E-state index in [1.807, 2.05) is 18.7 Å². The first kappa shape index (κ1) is 14.0. The second-order valence-electron chi connectivity index (χ2n) is 4.64. The molecule has 98 valence electrons. The maximum absolute atomic E-state index is 11.4. The molecule has 1 aliphatic heterocycles. The van der Waals surface area contributed by atoms with Gasteiger partial charge in [-0.15, -0.1) is 0 Å². The monoisotopic (exact) mass is 243 g/mol. The zero-order valence-corrected chi connectivity index (χ0v) is 10.5. The largest absolute Gasteiger partial charge is 0.481 e. The summed E-state index contributed by atoms with van der Waals surface area (Å²) in [5.74, 6) is -1.87. The zero-order chi connectivity index (χ0) is 13.1. The van der Waals surface area contributed by atoms with E-state index >= 15 is 0 Å². The highest BCUT2D eigenvalue weighted by Gasteiger charge is 2.42. The van der Waals surface area contributed by atoms with Crippen LogP contribution in [0.25, 0.3) is 0 Å². The smallest absolute Gasteiger partial charge is 0.324 e. The number of hydrogen-bond acceptors (Lipinski definition) is 3. The molecule has 0 spiro atoms. The molecule has 1 saturated heterocycles. The third-order valence-electron chi connectivity index (χ3n) is 4.02. The molecule has 0 bridgehead atoms. The molecule has 0 aromatic rings. The van der Waals surface area contributed by atoms with Crippen molar-refractivity contribution in [2.24, 2.45) is 5.92 Å². The minimum atomic E-state index is -0.816. The second kappa shape index (κ2) is 5.49. The fraction of sp³-hybridized carbons (Fsp3) is 0.833. The summed E-state index contributed by atoms with van der Waals surface area (Å²) in [6.07, 6.45) is 2.20. The molecule has 0 atom stereocenters. The highest BCUT2D eigenvalue weighted by molar-refractivity contribution is 5.78. The van der Waals surface area contributed by atoms with Crippen LogP contribution in [0.4, 0.5) is 0 Å². The van der Waals surface area contributed by atoms with Gasteiger partial charge in [0.1, 0.15) is 5.54 Å². The molecule has 0 unspecified atom stereocenters. The number of carbonyl (C=O) groups is 2. The molecule has 0 amide bonds. The third-order valence-corrected chi connectivity index (χ3v) is 4.02. The Balaban J connectivity index is 2.74. The van der Waals surface area contributed by atoms with Gasteiger partial charge in [-0.25, -0.2) is 0 Å². The number of hydrogen-bond donors (Lipinski definition) is 2. The molecule has 0 aromatic carbocycles. The Labute approximate surface area is 101 Å². The van der Waals surface area contributed by atoms with Crippen LogP contribution >= 0.6 is 0 Å². The van der Waals surface area contributed by atoms with Gasteiger partial charge in [0, 0.05) is 13.1 Å². The second-order valence-corrected chi connectivity index (χ2v) is 4.64. The minimum Gasteiger partial charge on any atom is -0.481 e. The van der Waals surface area contributed by atoms with E-state index in [-0.39, 0.29) is 5.92 Å². The number of aliphatic carboxylic acids is 2. The molecular formula is C12H21NO4. The molecule has 1 heterocycles. The van der Waals surface area contributed by atoms with Crippen LogP contribution in [0.2, 0.25) is 0 Å². The summed E-state index contributed by atoms with van der Waals surface area (Å²) in [6.45, 7) is 4.87. The molecule has 2 N–H and O–H groups in total. The number of carboxylic acid groups (broad SMARTS) is 2. The summed E-state index contributed by atoms with van der Waals surface area (Å²) < 4.78 is 0. The SMILES string of the molecule is CCC(CC)(C(=O)O)N1CCC(C(=O)O)CC1. The van der Waals surface area contributed by atoms with E-state index in [9.17, 15) is 14.7 Å². The third kappa shape index (κ3) is 2.60. The summed E-state index contributed by atoms with van der Waals surface area (Å²) in [5.41, 5.74) is -0.816. The average Bonchev–Trinajstić information content (AvgIpc) is 2.31. The number of rotatable bonds is 5. The van der Waals surface area contributed by atoms with E-state index in [0.717, 1.165) is 0 Å². The van der Waals surface area contributed by atoms with Gasteiger partial charge in [0.05, 0.1) is 5.92 Å². The molecule has 0 aliphatic carbocycles. The quantitative estimate of drug-likeness (QED) is 0.763. The van der Waals surface area contributed by atoms with Crippen LogP contribution in [0.1, 0.15) is 39.5 Å². The Hall–Kier alpha value is -1.10. The molecule has 0 radical (unpaired) electrons. The van der Waals surface area contributed by atoms with E-state index in [4.69, 9.17) is 5.11 Å². The fourth-order valence-corrected chi connectivity index (χ4v) is 2.69. The lowest BCUT2D eigenvalue weighted by molar-refractivity contribution is -0.154. The molecular weight excluding hydrogens is 222 g/mol. The minimum absolute atomic E-state index is 0.313. The van der Waals surface area contributed by atoms with E-state index in [1.54, 1.807) is 0 Å². The molecule has 1 aliphatic rings. The predicted octanol–water partition coefficient (Wildman–Crippen LogP) is 1.43. The summed E-state index contributed by atoms with van der Waals surface area (Å²) in [7, 11) is 0. The van der Waals surface area contributed by atoms with Crippen molar-refractivity contribution in [1.29, 1.82) is 0 Å². The van der Waals surface area contributed by atoms with Gasteiger partial charge in [0.25, 0.3) is 0 Å². The number of piperidine rings is 1. The molecule has 1 fully saturated rings. The van der Waals surface area contributed by atoms with E-state index in [2.05, 4.69) is 0 Å². The fourth-order valence-electron chi connectivity index (χ4n) is 2.69. The van der Waals surface area contributed by atoms with Gasteiger partial charge in [-0.1, -0.05) is 13.8 Å². The lowest BCUT2D eigenvalue weighted by Crippen LogP contribution is -2.56. The Morgan fingerprint density at radius 2 is 1.65 bits per heavy atom. The summed E-state index contributed by atoms with van der Waals surface area (Å²) in [5, 5.41) is 18.3. The number of nitrogens with zero attached hydrogens (tertiary/aromatic N) is 1. The van der Waals surface area contributed by atoms with Crippen LogP contribution in [0, 0.1) is 5.92 Å². The Morgan fingerprint density at radius 1 is 1.18 bits per heavy atom. The van der Waals surface area contributed by atoms with Gasteiger partial charge in [-0.2, -0.15) is 0 Å². The van der Waals surface area contributed by atoms with Gasteiger partial charge < -0.3 is 10.2 Å². The maximum Gasteiger partial charge on any atom is 0.324 e. The van der Waals surface area contributed by atoms with Gasteiger partial charge in [-0.05, 0) is 25.7 Å². The molecule has 0 aromatic heterocycles. The summed E-state index contributed by atoms with van der Waals surface area (Å²) in [6, 6.07) is 0. The van der Waals surface area contributed by atoms with E-state index < -0.39 is 17.5 Å². The normalized spacial score (nSPS) is 19.2. The number of likely N-dealkylation sites (tertiary alicyclic amines) is 1. The van der Waals surface area contributed by atoms with Crippen LogP contribution in [-0.2, 0) is 9.59 Å². The first-order valence-corrected chi connectivity index (χ1v) is 6.19. The van der Waals surface area contributed by atoms with E-state index in [0.29, 0.717) is 38.8 Å². The van der Waals surface area contributed by atoms with Crippen LogP contribution in [-0.4, -0.2) is 45.7 Å². The molecule has 0 saturated carbocycles. The zero-order valence-electron chi connectivity index (χ0n) is 10.5. The summed E-state index contributed by atoms with van der Waals surface area (Å²) >= 11 is 0. The lowest BCUT2D eigenvalue weighted by atomic mass is 9.86. The molecule has 5 nitrogen and oxygen atoms in total. The topological polar surface area (TPSA) is 77.8 Å². The molecule has 17 heavy (non-hydrogen) atoms. The van der Waals surface area contributed by atoms with E-state index in [1.165, 1.54) is 0 Å². The van der Waals surface area contributed by atoms with Crippen molar-refractivity contribution in [3.8, 4) is 0 Å². The lowest BCUT2D eigenvalue weighted by Gasteiger charge is -2.42. The molecule has 1 rings (SSSR count). The Kier molecular flexibility index (Phi) is 4.51. The van der Waals surface area contributed by atoms with Gasteiger partial charge in [0.2, 0.25) is 0 Å². The first-order chi connectivity index (χ1) is 7.97. The van der Waals surface area contributed by atoms with Crippen molar-refractivity contribution in [3.63, 3.8) is 0 Å². The molecule has 5 heteroatoms. The van der Waals surface area contributed by atoms with Crippen molar-refractivity contribution >= 4 is 11.9 Å². The first-order valence-electron chi connectivity index (χ1n) is 6.19. The summed E-state index contributed by atoms with van der Waals surface area (Å²) in [4.78, 5) is 24.2. The van der Waals surface area contributed by atoms with Gasteiger partial charge >= 0.3 is 11.9 Å².